The summed E-state index contributed by atoms with van der Waals surface area (Å²) in [6.07, 6.45) is 9.20. The maximum absolute atomic E-state index is 8.00. The zero-order valence-corrected chi connectivity index (χ0v) is 18.1. The first-order valence-corrected chi connectivity index (χ1v) is 9.73. The third-order valence-electron chi connectivity index (χ3n) is 4.50. The Morgan fingerprint density at radius 2 is 1.89 bits per heavy atom. The molecule has 0 aromatic rings. The molecule has 2 rings (SSSR count). The molecule has 0 saturated carbocycles. The molecule has 7 nitrogen and oxygen atoms in total. The number of allylic oxidation sites excluding steroid dienone is 5. The molecule has 160 valence electrons. The zero-order chi connectivity index (χ0) is 21.5. The molecule has 0 aromatic heterocycles. The normalized spacial score (nSPS) is 20.1. The van der Waals surface area contributed by atoms with Gasteiger partial charge in [-0.1, -0.05) is 0 Å². The Balaban J connectivity index is 0.00000133. The Labute approximate surface area is 170 Å². The molecule has 0 bridgehead atoms. The van der Waals surface area contributed by atoms with Gasteiger partial charge in [-0.2, -0.15) is 0 Å². The van der Waals surface area contributed by atoms with Crippen molar-refractivity contribution in [2.45, 2.75) is 39.2 Å². The summed E-state index contributed by atoms with van der Waals surface area (Å²) in [5.74, 6) is 2.30. The van der Waals surface area contributed by atoms with Crippen molar-refractivity contribution in [3.8, 4) is 0 Å². The first-order valence-electron chi connectivity index (χ1n) is 9.73. The van der Waals surface area contributed by atoms with Gasteiger partial charge in [0.15, 0.2) is 0 Å². The van der Waals surface area contributed by atoms with E-state index in [-0.39, 0.29) is 6.10 Å². The summed E-state index contributed by atoms with van der Waals surface area (Å²) < 4.78 is 5.81. The molecule has 0 aromatic carbocycles. The van der Waals surface area contributed by atoms with E-state index in [1.54, 1.807) is 7.05 Å². The van der Waals surface area contributed by atoms with Crippen molar-refractivity contribution < 1.29 is 9.53 Å². The molecule has 1 saturated heterocycles. The molecular weight excluding hydrogens is 354 g/mol. The van der Waals surface area contributed by atoms with E-state index in [2.05, 4.69) is 48.5 Å². The van der Waals surface area contributed by atoms with Gasteiger partial charge >= 0.3 is 0 Å². The molecule has 1 fully saturated rings. The summed E-state index contributed by atoms with van der Waals surface area (Å²) in [7, 11) is 3.79. The van der Waals surface area contributed by atoms with E-state index in [4.69, 9.17) is 21.0 Å². The molecule has 28 heavy (non-hydrogen) atoms. The monoisotopic (exact) mass is 393 g/mol. The Morgan fingerprint density at radius 3 is 2.43 bits per heavy atom. The maximum Gasteiger partial charge on any atom is 0.106 e. The number of aliphatic imine (C=N–C) groups is 1. The molecule has 0 spiro atoms. The highest BCUT2D eigenvalue weighted by Gasteiger charge is 2.19. The molecule has 0 radical (unpaired) electrons. The van der Waals surface area contributed by atoms with Gasteiger partial charge in [-0.15, -0.1) is 0 Å². The molecule has 0 amide bonds. The van der Waals surface area contributed by atoms with Crippen LogP contribution in [0.2, 0.25) is 0 Å². The minimum Gasteiger partial charge on any atom is -0.495 e. The van der Waals surface area contributed by atoms with Gasteiger partial charge in [-0.3, -0.25) is 0 Å². The minimum absolute atomic E-state index is 0.211. The topological polar surface area (TPSA) is 97.2 Å². The lowest BCUT2D eigenvalue weighted by atomic mass is 9.91. The Kier molecular flexibility index (Phi) is 13.5. The molecular formula is C21H39N5O2. The van der Waals surface area contributed by atoms with Crippen LogP contribution in [0.15, 0.2) is 40.5 Å². The summed E-state index contributed by atoms with van der Waals surface area (Å²) >= 11 is 0. The van der Waals surface area contributed by atoms with Crippen LogP contribution in [0.4, 0.5) is 0 Å². The van der Waals surface area contributed by atoms with Crippen LogP contribution in [0.5, 0.6) is 0 Å². The van der Waals surface area contributed by atoms with Gasteiger partial charge in [0.2, 0.25) is 0 Å². The SMILES string of the molecule is C=NC.C=O.CC(C)OC1=CC=C(N)C(CC/C=C(\N)N2CCN(C)CC2)C1. The molecule has 1 atom stereocenters. The Bertz CT molecular complexity index is 535. The van der Waals surface area contributed by atoms with Gasteiger partial charge < -0.3 is 35.8 Å². The van der Waals surface area contributed by atoms with E-state index < -0.39 is 0 Å². The number of carbonyl (C=O) groups is 1. The first kappa shape index (κ1) is 25.7. The molecule has 7 heteroatoms. The van der Waals surface area contributed by atoms with Crippen molar-refractivity contribution in [2.24, 2.45) is 22.4 Å². The van der Waals surface area contributed by atoms with Crippen LogP contribution < -0.4 is 11.5 Å². The highest BCUT2D eigenvalue weighted by molar-refractivity contribution is 5.22. The van der Waals surface area contributed by atoms with Gasteiger partial charge in [0, 0.05) is 51.3 Å². The standard InChI is InChI=1S/C18H32N4O.C2H5N.CH2O/c1-14(2)23-16-7-8-17(19)15(13-16)5-4-6-18(20)22-11-9-21(3)10-12-22;1-3-2;1-2/h6-8,14-15H,4-5,9-13,19-20H2,1-3H3;1H2,2H3;1H2/b18-6+;;. The Morgan fingerprint density at radius 1 is 1.32 bits per heavy atom. The van der Waals surface area contributed by atoms with Crippen molar-refractivity contribution in [3.05, 3.63) is 35.5 Å². The summed E-state index contributed by atoms with van der Waals surface area (Å²) in [4.78, 5) is 15.9. The summed E-state index contributed by atoms with van der Waals surface area (Å²) in [6, 6.07) is 0. The molecule has 1 unspecified atom stereocenters. The van der Waals surface area contributed by atoms with Crippen LogP contribution in [0.3, 0.4) is 0 Å². The van der Waals surface area contributed by atoms with Crippen LogP contribution in [0, 0.1) is 5.92 Å². The van der Waals surface area contributed by atoms with Crippen LogP contribution in [-0.2, 0) is 9.53 Å². The fraction of sp³-hybridized carbons (Fsp3) is 0.619. The first-order chi connectivity index (χ1) is 13.4. The smallest absolute Gasteiger partial charge is 0.106 e. The summed E-state index contributed by atoms with van der Waals surface area (Å²) in [5.41, 5.74) is 13.3. The largest absolute Gasteiger partial charge is 0.495 e. The molecule has 1 aliphatic heterocycles. The second-order valence-corrected chi connectivity index (χ2v) is 7.18. The quantitative estimate of drug-likeness (QED) is 0.671. The van der Waals surface area contributed by atoms with E-state index in [1.165, 1.54) is 0 Å². The van der Waals surface area contributed by atoms with E-state index in [0.717, 1.165) is 62.7 Å². The van der Waals surface area contributed by atoms with Gasteiger partial charge in [0.1, 0.15) is 6.79 Å². The second kappa shape index (κ2) is 14.7. The van der Waals surface area contributed by atoms with Crippen LogP contribution in [0.1, 0.15) is 33.1 Å². The van der Waals surface area contributed by atoms with Crippen LogP contribution in [-0.4, -0.2) is 69.7 Å². The lowest BCUT2D eigenvalue weighted by Gasteiger charge is -2.34. The molecule has 2 aliphatic rings. The average Bonchev–Trinajstić information content (AvgIpc) is 2.66. The Hall–Kier alpha value is -2.28. The average molecular weight is 394 g/mol. The van der Waals surface area contributed by atoms with Crippen molar-refractivity contribution in [1.29, 1.82) is 0 Å². The number of ether oxygens (including phenoxy) is 1. The fourth-order valence-electron chi connectivity index (χ4n) is 3.04. The zero-order valence-electron chi connectivity index (χ0n) is 18.1. The third-order valence-corrected chi connectivity index (χ3v) is 4.50. The van der Waals surface area contributed by atoms with E-state index in [1.807, 2.05) is 18.9 Å². The molecule has 1 aliphatic carbocycles. The highest BCUT2D eigenvalue weighted by Crippen LogP contribution is 2.28. The number of nitrogens with zero attached hydrogens (tertiary/aromatic N) is 3. The lowest BCUT2D eigenvalue weighted by molar-refractivity contribution is -0.0979. The van der Waals surface area contributed by atoms with Crippen LogP contribution in [0.25, 0.3) is 0 Å². The van der Waals surface area contributed by atoms with Gasteiger partial charge in [-0.25, -0.2) is 0 Å². The second-order valence-electron chi connectivity index (χ2n) is 7.18. The van der Waals surface area contributed by atoms with Gasteiger partial charge in [0.25, 0.3) is 0 Å². The fourth-order valence-corrected chi connectivity index (χ4v) is 3.04. The van der Waals surface area contributed by atoms with E-state index in [0.29, 0.717) is 5.92 Å². The number of piperazine rings is 1. The molecule has 1 heterocycles. The van der Waals surface area contributed by atoms with E-state index in [9.17, 15) is 0 Å². The van der Waals surface area contributed by atoms with Gasteiger partial charge in [-0.05, 0) is 58.7 Å². The van der Waals surface area contributed by atoms with Gasteiger partial charge in [0.05, 0.1) is 17.7 Å². The lowest BCUT2D eigenvalue weighted by Crippen LogP contribution is -2.45. The summed E-state index contributed by atoms with van der Waals surface area (Å²) in [6.45, 7) is 13.4. The van der Waals surface area contributed by atoms with E-state index >= 15 is 0 Å². The molecule has 4 N–H and O–H groups in total. The number of hydrogen-bond acceptors (Lipinski definition) is 7. The predicted octanol–water partition coefficient (Wildman–Crippen LogP) is 2.12. The van der Waals surface area contributed by atoms with Crippen LogP contribution >= 0.6 is 0 Å². The minimum atomic E-state index is 0.211. The van der Waals surface area contributed by atoms with Crippen molar-refractivity contribution in [2.75, 3.05) is 40.3 Å². The van der Waals surface area contributed by atoms with Crippen molar-refractivity contribution >= 4 is 13.5 Å². The number of nitrogens with two attached hydrogens (primary N) is 2. The summed E-state index contributed by atoms with van der Waals surface area (Å²) in [5, 5.41) is 0. The third kappa shape index (κ3) is 10.2. The highest BCUT2D eigenvalue weighted by atomic mass is 16.5. The van der Waals surface area contributed by atoms with Crippen molar-refractivity contribution in [3.63, 3.8) is 0 Å². The number of carbonyl (C=O) groups excluding carboxylic acids is 1. The number of hydrogen-bond donors (Lipinski definition) is 2. The predicted molar refractivity (Wildman–Crippen MR) is 118 cm³/mol. The maximum atomic E-state index is 8.00. The van der Waals surface area contributed by atoms with Crippen molar-refractivity contribution in [1.82, 2.24) is 9.80 Å². The number of rotatable bonds is 6. The number of likely N-dealkylation sites (N-methyl/N-ethyl adjacent to an activating group) is 1.